The van der Waals surface area contributed by atoms with Crippen molar-refractivity contribution in [3.05, 3.63) is 65.0 Å². The second-order valence-electron chi connectivity index (χ2n) is 10.6. The smallest absolute Gasteiger partial charge is 0.387 e. The van der Waals surface area contributed by atoms with Crippen LogP contribution in [0.1, 0.15) is 42.2 Å². The van der Waals surface area contributed by atoms with E-state index in [0.29, 0.717) is 55.6 Å². The third kappa shape index (κ3) is 5.00. The first-order chi connectivity index (χ1) is 19.2. The molecular formula is C29H31F2N5O4. The molecule has 1 N–H and O–H groups in total. The minimum atomic E-state index is -2.96. The molecule has 6 rings (SSSR count). The van der Waals surface area contributed by atoms with E-state index in [4.69, 9.17) is 19.2 Å². The Hall–Kier alpha value is -3.67. The average molecular weight is 552 g/mol. The molecule has 1 saturated heterocycles. The van der Waals surface area contributed by atoms with Gasteiger partial charge in [0.25, 0.3) is 0 Å². The zero-order valence-electron chi connectivity index (χ0n) is 22.7. The van der Waals surface area contributed by atoms with Crippen LogP contribution in [-0.2, 0) is 34.8 Å². The highest BCUT2D eigenvalue weighted by atomic mass is 19.3. The summed E-state index contributed by atoms with van der Waals surface area (Å²) in [7, 11) is 0. The predicted octanol–water partition coefficient (Wildman–Crippen LogP) is 4.55. The molecule has 4 aromatic rings. The molecule has 2 aliphatic rings. The van der Waals surface area contributed by atoms with E-state index in [9.17, 15) is 13.9 Å². The van der Waals surface area contributed by atoms with Crippen LogP contribution in [0.15, 0.2) is 36.7 Å². The SMILES string of the molecule is Cc1cc(N2CCOCC2)c2c(c1OC(F)F)Cn1c(nc3ccc(-c4cnc(C(C)(C)O)nc4)cc31)COC2. The standard InChI is InChI=1S/C29H31F2N5O4/c1-17-10-23(35-6-8-38-9-7-35)21-15-39-16-25-34-22-5-4-18(19-12-32-27(33-13-19)29(2,3)37)11-24(22)36(25)14-20(21)26(17)40-28(30)31/h4-5,10-13,28,37H,6-9,14-16H2,1-3H3. The zero-order chi connectivity index (χ0) is 28.0. The molecule has 0 unspecified atom stereocenters. The van der Waals surface area contributed by atoms with E-state index < -0.39 is 12.2 Å². The number of fused-ring (bicyclic) bond motifs is 4. The number of anilines is 1. The van der Waals surface area contributed by atoms with Crippen LogP contribution in [0.3, 0.4) is 0 Å². The number of hydrogen-bond acceptors (Lipinski definition) is 8. The van der Waals surface area contributed by atoms with Crippen LogP contribution >= 0.6 is 0 Å². The largest absolute Gasteiger partial charge is 0.434 e. The summed E-state index contributed by atoms with van der Waals surface area (Å²) in [5.41, 5.74) is 5.17. The summed E-state index contributed by atoms with van der Waals surface area (Å²) in [6.07, 6.45) is 3.36. The van der Waals surface area contributed by atoms with Gasteiger partial charge in [-0.15, -0.1) is 0 Å². The fourth-order valence-electron chi connectivity index (χ4n) is 5.39. The lowest BCUT2D eigenvalue weighted by Gasteiger charge is -2.33. The third-order valence-electron chi connectivity index (χ3n) is 7.37. The molecule has 11 heteroatoms. The van der Waals surface area contributed by atoms with E-state index >= 15 is 0 Å². The highest BCUT2D eigenvalue weighted by Gasteiger charge is 2.27. The summed E-state index contributed by atoms with van der Waals surface area (Å²) < 4.78 is 46.0. The molecule has 0 spiro atoms. The number of ether oxygens (including phenoxy) is 3. The second-order valence-corrected chi connectivity index (χ2v) is 10.6. The van der Waals surface area contributed by atoms with E-state index in [0.717, 1.165) is 33.4 Å². The van der Waals surface area contributed by atoms with Gasteiger partial charge in [0.15, 0.2) is 5.82 Å². The van der Waals surface area contributed by atoms with Crippen molar-refractivity contribution < 1.29 is 28.1 Å². The molecule has 0 amide bonds. The Morgan fingerprint density at radius 3 is 2.45 bits per heavy atom. The lowest BCUT2D eigenvalue weighted by molar-refractivity contribution is -0.0511. The lowest BCUT2D eigenvalue weighted by atomic mass is 9.98. The van der Waals surface area contributed by atoms with Gasteiger partial charge in [-0.1, -0.05) is 6.07 Å². The summed E-state index contributed by atoms with van der Waals surface area (Å²) in [4.78, 5) is 15.7. The summed E-state index contributed by atoms with van der Waals surface area (Å²) in [6, 6.07) is 7.75. The molecule has 2 aromatic carbocycles. The van der Waals surface area contributed by atoms with Crippen LogP contribution in [0.2, 0.25) is 0 Å². The molecule has 2 aliphatic heterocycles. The molecule has 210 valence electrons. The first-order valence-electron chi connectivity index (χ1n) is 13.2. The van der Waals surface area contributed by atoms with E-state index in [1.165, 1.54) is 0 Å². The number of nitrogens with zero attached hydrogens (tertiary/aromatic N) is 5. The highest BCUT2D eigenvalue weighted by Crippen LogP contribution is 2.39. The molecule has 0 saturated carbocycles. The van der Waals surface area contributed by atoms with Gasteiger partial charge in [-0.2, -0.15) is 8.78 Å². The van der Waals surface area contributed by atoms with Gasteiger partial charge in [-0.25, -0.2) is 15.0 Å². The minimum absolute atomic E-state index is 0.173. The van der Waals surface area contributed by atoms with E-state index in [2.05, 4.69) is 14.9 Å². The van der Waals surface area contributed by atoms with Crippen molar-refractivity contribution in [3.8, 4) is 16.9 Å². The second kappa shape index (κ2) is 10.4. The first kappa shape index (κ1) is 26.5. The van der Waals surface area contributed by atoms with Gasteiger partial charge in [0.1, 0.15) is 23.8 Å². The van der Waals surface area contributed by atoms with Crippen LogP contribution in [0.4, 0.5) is 14.5 Å². The number of aryl methyl sites for hydroxylation is 1. The number of rotatable bonds is 5. The van der Waals surface area contributed by atoms with Gasteiger partial charge in [0.05, 0.1) is 37.4 Å². The molecule has 4 heterocycles. The summed E-state index contributed by atoms with van der Waals surface area (Å²) in [5.74, 6) is 1.20. The molecule has 40 heavy (non-hydrogen) atoms. The number of hydrogen-bond donors (Lipinski definition) is 1. The molecule has 2 aromatic heterocycles. The topological polar surface area (TPSA) is 94.8 Å². The monoisotopic (exact) mass is 551 g/mol. The van der Waals surface area contributed by atoms with E-state index in [1.54, 1.807) is 33.2 Å². The van der Waals surface area contributed by atoms with Gasteiger partial charge >= 0.3 is 6.61 Å². The van der Waals surface area contributed by atoms with Crippen LogP contribution in [-0.4, -0.2) is 57.5 Å². The fourth-order valence-corrected chi connectivity index (χ4v) is 5.39. The van der Waals surface area contributed by atoms with Crippen LogP contribution < -0.4 is 9.64 Å². The Kier molecular flexibility index (Phi) is 6.89. The fraction of sp³-hybridized carbons (Fsp3) is 0.414. The average Bonchev–Trinajstić information content (AvgIpc) is 3.25. The van der Waals surface area contributed by atoms with Gasteiger partial charge in [-0.3, -0.25) is 0 Å². The number of imidazole rings is 1. The van der Waals surface area contributed by atoms with Crippen molar-refractivity contribution in [2.75, 3.05) is 31.2 Å². The zero-order valence-corrected chi connectivity index (χ0v) is 22.7. The summed E-state index contributed by atoms with van der Waals surface area (Å²) in [5, 5.41) is 10.2. The van der Waals surface area contributed by atoms with Gasteiger partial charge < -0.3 is 28.8 Å². The van der Waals surface area contributed by atoms with Crippen molar-refractivity contribution in [1.29, 1.82) is 0 Å². The minimum Gasteiger partial charge on any atom is -0.434 e. The number of aliphatic hydroxyl groups is 1. The maximum Gasteiger partial charge on any atom is 0.387 e. The highest BCUT2D eigenvalue weighted by molar-refractivity contribution is 5.82. The van der Waals surface area contributed by atoms with Crippen molar-refractivity contribution in [2.45, 2.75) is 52.7 Å². The molecule has 0 aliphatic carbocycles. The molecule has 0 atom stereocenters. The number of alkyl halides is 2. The molecule has 1 fully saturated rings. The van der Waals surface area contributed by atoms with E-state index in [-0.39, 0.29) is 19.0 Å². The maximum absolute atomic E-state index is 13.6. The Morgan fingerprint density at radius 2 is 1.75 bits per heavy atom. The Bertz CT molecular complexity index is 1540. The van der Waals surface area contributed by atoms with Crippen molar-refractivity contribution in [3.63, 3.8) is 0 Å². The number of morpholine rings is 1. The summed E-state index contributed by atoms with van der Waals surface area (Å²) in [6.45, 7) is 5.54. The van der Waals surface area contributed by atoms with Crippen molar-refractivity contribution in [1.82, 2.24) is 19.5 Å². The third-order valence-corrected chi connectivity index (χ3v) is 7.37. The summed E-state index contributed by atoms with van der Waals surface area (Å²) >= 11 is 0. The normalized spacial score (nSPS) is 16.0. The lowest BCUT2D eigenvalue weighted by Crippen LogP contribution is -2.37. The van der Waals surface area contributed by atoms with Crippen LogP contribution in [0.25, 0.3) is 22.2 Å². The Labute approximate surface area is 230 Å². The number of benzene rings is 2. The first-order valence-corrected chi connectivity index (χ1v) is 13.2. The van der Waals surface area contributed by atoms with Gasteiger partial charge in [0, 0.05) is 47.9 Å². The van der Waals surface area contributed by atoms with Crippen molar-refractivity contribution in [2.24, 2.45) is 0 Å². The van der Waals surface area contributed by atoms with Gasteiger partial charge in [0.2, 0.25) is 0 Å². The Balaban J connectivity index is 1.47. The van der Waals surface area contributed by atoms with Gasteiger partial charge in [-0.05, 0) is 50.1 Å². The van der Waals surface area contributed by atoms with Crippen molar-refractivity contribution >= 4 is 16.7 Å². The quantitative estimate of drug-likeness (QED) is 0.386. The maximum atomic E-state index is 13.6. The van der Waals surface area contributed by atoms with Crippen LogP contribution in [0.5, 0.6) is 5.75 Å². The molecular weight excluding hydrogens is 520 g/mol. The molecule has 0 radical (unpaired) electrons. The van der Waals surface area contributed by atoms with E-state index in [1.807, 2.05) is 28.8 Å². The van der Waals surface area contributed by atoms with Crippen LogP contribution in [0, 0.1) is 6.92 Å². The predicted molar refractivity (Wildman–Crippen MR) is 144 cm³/mol. The number of aromatic nitrogens is 4. The Morgan fingerprint density at radius 1 is 1.00 bits per heavy atom. The molecule has 0 bridgehead atoms. The molecule has 9 nitrogen and oxygen atoms in total. The number of halogens is 2.